The predicted molar refractivity (Wildman–Crippen MR) is 103 cm³/mol. The van der Waals surface area contributed by atoms with Crippen molar-refractivity contribution >= 4 is 17.9 Å². The topological polar surface area (TPSA) is 138 Å². The molecular formula is C18H33NO12. The van der Waals surface area contributed by atoms with Gasteiger partial charge in [0.25, 0.3) is 18.9 Å². The summed E-state index contributed by atoms with van der Waals surface area (Å²) in [6.07, 6.45) is -3.48. The summed E-state index contributed by atoms with van der Waals surface area (Å²) in [6, 6.07) is 0. The molecule has 0 saturated carbocycles. The smallest absolute Gasteiger partial charge is 0.363 e. The van der Waals surface area contributed by atoms with Crippen molar-refractivity contribution in [3.63, 3.8) is 0 Å². The Morgan fingerprint density at radius 2 is 0.806 bits per heavy atom. The van der Waals surface area contributed by atoms with Gasteiger partial charge < -0.3 is 42.6 Å². The van der Waals surface area contributed by atoms with Crippen LogP contribution in [-0.2, 0) is 57.0 Å². The third-order valence-corrected chi connectivity index (χ3v) is 3.85. The van der Waals surface area contributed by atoms with Gasteiger partial charge in [-0.3, -0.25) is 4.90 Å². The van der Waals surface area contributed by atoms with Crippen LogP contribution >= 0.6 is 0 Å². The minimum absolute atomic E-state index is 0.114. The maximum Gasteiger partial charge on any atom is 0.363 e. The molecule has 0 amide bonds. The Morgan fingerprint density at radius 1 is 0.548 bits per heavy atom. The molecule has 0 heterocycles. The van der Waals surface area contributed by atoms with Crippen molar-refractivity contribution in [2.45, 2.75) is 18.9 Å². The fraction of sp³-hybridized carbons (Fsp3) is 0.833. The van der Waals surface area contributed by atoms with Gasteiger partial charge in [-0.05, 0) is 0 Å². The Labute approximate surface area is 181 Å². The molecule has 0 aliphatic rings. The predicted octanol–water partition coefficient (Wildman–Crippen LogP) is -1.23. The zero-order valence-electron chi connectivity index (χ0n) is 18.8. The molecule has 13 heteroatoms. The lowest BCUT2D eigenvalue weighted by Crippen LogP contribution is -2.39. The van der Waals surface area contributed by atoms with E-state index in [0.717, 1.165) is 0 Å². The molecule has 0 radical (unpaired) electrons. The zero-order chi connectivity index (χ0) is 23.6. The van der Waals surface area contributed by atoms with E-state index in [0.29, 0.717) is 19.6 Å². The number of ether oxygens (including phenoxy) is 9. The normalized spacial score (nSPS) is 14.0. The molecule has 3 atom stereocenters. The summed E-state index contributed by atoms with van der Waals surface area (Å²) < 4.78 is 44.6. The lowest BCUT2D eigenvalue weighted by atomic mass is 10.4. The Hall–Kier alpha value is -1.87. The average molecular weight is 455 g/mol. The van der Waals surface area contributed by atoms with Crippen LogP contribution < -0.4 is 0 Å². The van der Waals surface area contributed by atoms with Crippen LogP contribution in [0.25, 0.3) is 0 Å². The number of hydrogen-bond donors (Lipinski definition) is 0. The van der Waals surface area contributed by atoms with Gasteiger partial charge in [0.05, 0.1) is 41.2 Å². The maximum absolute atomic E-state index is 11.5. The second kappa shape index (κ2) is 17.8. The number of carbonyl (C=O) groups is 3. The van der Waals surface area contributed by atoms with Crippen molar-refractivity contribution in [2.75, 3.05) is 82.1 Å². The molecule has 0 saturated heterocycles. The Kier molecular flexibility index (Phi) is 16.7. The molecule has 0 rings (SSSR count). The number of hydrogen-bond acceptors (Lipinski definition) is 13. The van der Waals surface area contributed by atoms with Gasteiger partial charge in [-0.25, -0.2) is 14.4 Å². The van der Waals surface area contributed by atoms with Gasteiger partial charge in [-0.2, -0.15) is 0 Å². The summed E-state index contributed by atoms with van der Waals surface area (Å²) in [5, 5.41) is 0. The third kappa shape index (κ3) is 11.9. The highest BCUT2D eigenvalue weighted by atomic mass is 16.7. The first-order valence-electron chi connectivity index (χ1n) is 9.27. The van der Waals surface area contributed by atoms with Gasteiger partial charge in [0.2, 0.25) is 0 Å². The largest absolute Gasteiger partial charge is 0.465 e. The summed E-state index contributed by atoms with van der Waals surface area (Å²) in [5.41, 5.74) is 0. The molecular weight excluding hydrogens is 422 g/mol. The van der Waals surface area contributed by atoms with Gasteiger partial charge in [0.15, 0.2) is 0 Å². The first-order valence-corrected chi connectivity index (χ1v) is 9.27. The van der Waals surface area contributed by atoms with Crippen LogP contribution in [0.5, 0.6) is 0 Å². The van der Waals surface area contributed by atoms with Gasteiger partial charge in [-0.15, -0.1) is 0 Å². The highest BCUT2D eigenvalue weighted by molar-refractivity contribution is 5.73. The molecule has 0 aromatic rings. The summed E-state index contributed by atoms with van der Waals surface area (Å²) in [6.45, 7) is 1.37. The van der Waals surface area contributed by atoms with E-state index in [1.165, 1.54) is 42.7 Å². The van der Waals surface area contributed by atoms with Crippen molar-refractivity contribution in [1.29, 1.82) is 0 Å². The number of esters is 3. The standard InChI is InChI=1S/C18H33NO12/c1-23-13(20)16(26-4)29-10-7-19(8-11-30-17(27-5)14(21)24-2)9-12-31-18(28-6)15(22)25-3/h16-18H,7-12H2,1-6H3. The number of rotatable bonds is 18. The van der Waals surface area contributed by atoms with E-state index in [1.807, 2.05) is 4.90 Å². The molecule has 0 N–H and O–H groups in total. The fourth-order valence-electron chi connectivity index (χ4n) is 2.19. The lowest BCUT2D eigenvalue weighted by molar-refractivity contribution is -0.191. The summed E-state index contributed by atoms with van der Waals surface area (Å²) >= 11 is 0. The van der Waals surface area contributed by atoms with E-state index in [2.05, 4.69) is 14.2 Å². The fourth-order valence-corrected chi connectivity index (χ4v) is 2.19. The van der Waals surface area contributed by atoms with Crippen molar-refractivity contribution in [3.8, 4) is 0 Å². The molecule has 0 aromatic carbocycles. The van der Waals surface area contributed by atoms with Gasteiger partial charge >= 0.3 is 17.9 Å². The third-order valence-electron chi connectivity index (χ3n) is 3.85. The molecule has 0 fully saturated rings. The zero-order valence-corrected chi connectivity index (χ0v) is 18.8. The quantitative estimate of drug-likeness (QED) is 0.139. The molecule has 31 heavy (non-hydrogen) atoms. The monoisotopic (exact) mass is 455 g/mol. The second-order valence-corrected chi connectivity index (χ2v) is 5.73. The van der Waals surface area contributed by atoms with E-state index < -0.39 is 36.8 Å². The molecule has 0 aliphatic heterocycles. The molecule has 0 aromatic heterocycles. The first kappa shape index (κ1) is 29.1. The number of nitrogens with zero attached hydrogens (tertiary/aromatic N) is 1. The van der Waals surface area contributed by atoms with Crippen LogP contribution in [0.1, 0.15) is 0 Å². The Bertz CT molecular complexity index is 446. The first-order chi connectivity index (χ1) is 14.9. The lowest BCUT2D eigenvalue weighted by Gasteiger charge is -2.24. The molecule has 0 aliphatic carbocycles. The Balaban J connectivity index is 4.74. The minimum Gasteiger partial charge on any atom is -0.465 e. The van der Waals surface area contributed by atoms with Gasteiger partial charge in [-0.1, -0.05) is 0 Å². The highest BCUT2D eigenvalue weighted by Gasteiger charge is 2.22. The summed E-state index contributed by atoms with van der Waals surface area (Å²) in [7, 11) is 7.61. The van der Waals surface area contributed by atoms with Crippen LogP contribution in [0, 0.1) is 0 Å². The van der Waals surface area contributed by atoms with Gasteiger partial charge in [0, 0.05) is 41.0 Å². The van der Waals surface area contributed by atoms with E-state index in [4.69, 9.17) is 28.4 Å². The van der Waals surface area contributed by atoms with Crippen molar-refractivity contribution < 1.29 is 57.0 Å². The van der Waals surface area contributed by atoms with E-state index >= 15 is 0 Å². The minimum atomic E-state index is -1.16. The molecule has 3 unspecified atom stereocenters. The van der Waals surface area contributed by atoms with Crippen molar-refractivity contribution in [1.82, 2.24) is 4.90 Å². The average Bonchev–Trinajstić information content (AvgIpc) is 2.80. The number of methoxy groups -OCH3 is 6. The molecule has 0 spiro atoms. The van der Waals surface area contributed by atoms with E-state index in [9.17, 15) is 14.4 Å². The number of carbonyl (C=O) groups excluding carboxylic acids is 3. The molecule has 0 bridgehead atoms. The van der Waals surface area contributed by atoms with E-state index in [-0.39, 0.29) is 19.8 Å². The van der Waals surface area contributed by atoms with Crippen LogP contribution in [-0.4, -0.2) is 124 Å². The van der Waals surface area contributed by atoms with Crippen LogP contribution in [0.3, 0.4) is 0 Å². The summed E-state index contributed by atoms with van der Waals surface area (Å²) in [4.78, 5) is 36.4. The molecule has 182 valence electrons. The van der Waals surface area contributed by atoms with Crippen LogP contribution in [0.15, 0.2) is 0 Å². The van der Waals surface area contributed by atoms with E-state index in [1.54, 1.807) is 0 Å². The maximum atomic E-state index is 11.5. The van der Waals surface area contributed by atoms with Gasteiger partial charge in [0.1, 0.15) is 0 Å². The van der Waals surface area contributed by atoms with Crippen LogP contribution in [0.2, 0.25) is 0 Å². The summed E-state index contributed by atoms with van der Waals surface area (Å²) in [5.74, 6) is -1.99. The SMILES string of the molecule is COC(=O)C(OC)OCCN(CCOC(OC)C(=O)OC)CCOC(OC)C(=O)OC. The molecule has 13 nitrogen and oxygen atoms in total. The van der Waals surface area contributed by atoms with Crippen LogP contribution in [0.4, 0.5) is 0 Å². The van der Waals surface area contributed by atoms with Crippen molar-refractivity contribution in [2.24, 2.45) is 0 Å². The second-order valence-electron chi connectivity index (χ2n) is 5.73. The highest BCUT2D eigenvalue weighted by Crippen LogP contribution is 2.02. The van der Waals surface area contributed by atoms with Crippen molar-refractivity contribution in [3.05, 3.63) is 0 Å². The Morgan fingerprint density at radius 3 is 1.00 bits per heavy atom.